The van der Waals surface area contributed by atoms with Crippen LogP contribution in [-0.2, 0) is 14.3 Å². The van der Waals surface area contributed by atoms with E-state index in [9.17, 15) is 9.59 Å². The van der Waals surface area contributed by atoms with Crippen molar-refractivity contribution >= 4 is 11.8 Å². The Labute approximate surface area is 154 Å². The average molecular weight is 349 g/mol. The molecule has 0 fully saturated rings. The largest absolute Gasteiger partial charge is 0.462 e. The molecule has 0 aliphatic heterocycles. The van der Waals surface area contributed by atoms with Crippen LogP contribution in [0.2, 0.25) is 0 Å². The van der Waals surface area contributed by atoms with Gasteiger partial charge in [0.25, 0.3) is 0 Å². The Balaban J connectivity index is 4.02. The molecule has 25 heavy (non-hydrogen) atoms. The summed E-state index contributed by atoms with van der Waals surface area (Å²) >= 11 is 0. The molecule has 0 amide bonds. The van der Waals surface area contributed by atoms with E-state index in [1.807, 2.05) is 19.9 Å². The molecule has 0 N–H and O–H groups in total. The average Bonchev–Trinajstić information content (AvgIpc) is 2.52. The highest BCUT2D eigenvalue weighted by Gasteiger charge is 2.06. The molecule has 0 saturated heterocycles. The second kappa shape index (κ2) is 13.6. The Morgan fingerprint density at radius 2 is 1.24 bits per heavy atom. The number of carbonyl (C=O) groups excluding carboxylic acids is 2. The number of Topliss-reactive ketones (excluding diaryl/α,β-unsaturated/α-hetero) is 1. The lowest BCUT2D eigenvalue weighted by Gasteiger charge is -2.05. The Kier molecular flexibility index (Phi) is 12.7. The lowest BCUT2D eigenvalue weighted by atomic mass is 10.0. The van der Waals surface area contributed by atoms with Gasteiger partial charge < -0.3 is 4.74 Å². The van der Waals surface area contributed by atoms with Gasteiger partial charge in [0.1, 0.15) is 12.4 Å². The van der Waals surface area contributed by atoms with Crippen molar-refractivity contribution in [2.45, 2.75) is 80.1 Å². The van der Waals surface area contributed by atoms with Crippen LogP contribution in [-0.4, -0.2) is 18.4 Å². The van der Waals surface area contributed by atoms with Crippen LogP contribution in [0.1, 0.15) is 80.1 Å². The molecule has 0 saturated carbocycles. The Morgan fingerprint density at radius 3 is 1.72 bits per heavy atom. The maximum atomic E-state index is 11.6. The molecule has 0 aromatic rings. The minimum atomic E-state index is -0.239. The van der Waals surface area contributed by atoms with Crippen molar-refractivity contribution in [1.29, 1.82) is 0 Å². The molecule has 0 aromatic carbocycles. The summed E-state index contributed by atoms with van der Waals surface area (Å²) in [4.78, 5) is 22.3. The van der Waals surface area contributed by atoms with Crippen molar-refractivity contribution in [3.05, 3.63) is 34.9 Å². The maximum absolute atomic E-state index is 11.6. The summed E-state index contributed by atoms with van der Waals surface area (Å²) in [6.07, 6.45) is 12.2. The van der Waals surface area contributed by atoms with Gasteiger partial charge in [-0.15, -0.1) is 0 Å². The predicted molar refractivity (Wildman–Crippen MR) is 105 cm³/mol. The summed E-state index contributed by atoms with van der Waals surface area (Å²) in [6, 6.07) is 0. The third-order valence-corrected chi connectivity index (χ3v) is 4.19. The Hall–Kier alpha value is -1.64. The third kappa shape index (κ3) is 14.4. The van der Waals surface area contributed by atoms with Crippen molar-refractivity contribution in [1.82, 2.24) is 0 Å². The van der Waals surface area contributed by atoms with Crippen molar-refractivity contribution in [3.8, 4) is 0 Å². The monoisotopic (exact) mass is 348 g/mol. The molecule has 0 heterocycles. The predicted octanol–water partition coefficient (Wildman–Crippen LogP) is 5.95. The number of hydrogen-bond donors (Lipinski definition) is 0. The SMILES string of the molecule is CC(=O)OC/C=C(\C)CC/C=C(\C)CC/C=C(\C)CCC(=O)C(C)C. The van der Waals surface area contributed by atoms with Crippen LogP contribution in [0.3, 0.4) is 0 Å². The van der Waals surface area contributed by atoms with E-state index in [-0.39, 0.29) is 11.9 Å². The lowest BCUT2D eigenvalue weighted by Crippen LogP contribution is -2.06. The molecule has 0 aromatic heterocycles. The van der Waals surface area contributed by atoms with E-state index in [2.05, 4.69) is 32.9 Å². The number of allylic oxidation sites excluding steroid dienone is 5. The van der Waals surface area contributed by atoms with Crippen LogP contribution in [0.5, 0.6) is 0 Å². The fourth-order valence-corrected chi connectivity index (χ4v) is 2.31. The molecule has 0 aliphatic carbocycles. The minimum Gasteiger partial charge on any atom is -0.462 e. The van der Waals surface area contributed by atoms with E-state index >= 15 is 0 Å². The molecule has 0 unspecified atom stereocenters. The van der Waals surface area contributed by atoms with Crippen molar-refractivity contribution in [2.24, 2.45) is 5.92 Å². The number of ketones is 1. The van der Waals surface area contributed by atoms with Crippen LogP contribution in [0, 0.1) is 5.92 Å². The zero-order valence-corrected chi connectivity index (χ0v) is 17.0. The summed E-state index contributed by atoms with van der Waals surface area (Å²) in [6.45, 7) is 12.1. The van der Waals surface area contributed by atoms with Crippen LogP contribution >= 0.6 is 0 Å². The van der Waals surface area contributed by atoms with Crippen molar-refractivity contribution in [2.75, 3.05) is 6.61 Å². The molecule has 0 aliphatic rings. The molecular weight excluding hydrogens is 312 g/mol. The number of hydrogen-bond acceptors (Lipinski definition) is 3. The molecule has 3 heteroatoms. The third-order valence-electron chi connectivity index (χ3n) is 4.19. The van der Waals surface area contributed by atoms with Gasteiger partial charge in [-0.2, -0.15) is 0 Å². The first-order valence-electron chi connectivity index (χ1n) is 9.35. The van der Waals surface area contributed by atoms with E-state index < -0.39 is 0 Å². The number of ether oxygens (including phenoxy) is 1. The molecular formula is C22H36O3. The highest BCUT2D eigenvalue weighted by molar-refractivity contribution is 5.80. The molecule has 0 radical (unpaired) electrons. The first-order valence-corrected chi connectivity index (χ1v) is 9.35. The van der Waals surface area contributed by atoms with Crippen LogP contribution in [0.15, 0.2) is 34.9 Å². The normalized spacial score (nSPS) is 13.3. The van der Waals surface area contributed by atoms with Crippen molar-refractivity contribution < 1.29 is 14.3 Å². The smallest absolute Gasteiger partial charge is 0.302 e. The minimum absolute atomic E-state index is 0.143. The highest BCUT2D eigenvalue weighted by atomic mass is 16.5. The van der Waals surface area contributed by atoms with E-state index in [4.69, 9.17) is 4.74 Å². The molecule has 0 atom stereocenters. The summed E-state index contributed by atoms with van der Waals surface area (Å²) < 4.78 is 4.90. The van der Waals surface area contributed by atoms with Crippen LogP contribution in [0.4, 0.5) is 0 Å². The molecule has 0 spiro atoms. The topological polar surface area (TPSA) is 43.4 Å². The quantitative estimate of drug-likeness (QED) is 0.323. The summed E-state index contributed by atoms with van der Waals surface area (Å²) in [5.41, 5.74) is 3.96. The van der Waals surface area contributed by atoms with E-state index in [1.54, 1.807) is 0 Å². The first kappa shape index (κ1) is 23.4. The molecule has 142 valence electrons. The van der Waals surface area contributed by atoms with Gasteiger partial charge in [0.05, 0.1) is 0 Å². The number of rotatable bonds is 12. The zero-order valence-electron chi connectivity index (χ0n) is 17.0. The van der Waals surface area contributed by atoms with Gasteiger partial charge in [0.2, 0.25) is 0 Å². The van der Waals surface area contributed by atoms with E-state index in [1.165, 1.54) is 23.6 Å². The van der Waals surface area contributed by atoms with Gasteiger partial charge in [0.15, 0.2) is 0 Å². The van der Waals surface area contributed by atoms with Gasteiger partial charge in [-0.25, -0.2) is 0 Å². The first-order chi connectivity index (χ1) is 11.7. The van der Waals surface area contributed by atoms with Crippen LogP contribution in [0.25, 0.3) is 0 Å². The zero-order chi connectivity index (χ0) is 19.2. The lowest BCUT2D eigenvalue weighted by molar-refractivity contribution is -0.139. The number of esters is 1. The molecule has 0 bridgehead atoms. The van der Waals surface area contributed by atoms with Gasteiger partial charge in [0, 0.05) is 19.3 Å². The highest BCUT2D eigenvalue weighted by Crippen LogP contribution is 2.14. The van der Waals surface area contributed by atoms with Crippen LogP contribution < -0.4 is 0 Å². The summed E-state index contributed by atoms with van der Waals surface area (Å²) in [7, 11) is 0. The standard InChI is InChI=1S/C22H36O3/c1-17(2)22(24)14-13-19(4)11-7-9-18(3)10-8-12-20(5)15-16-25-21(6)23/h10-11,15,17H,7-9,12-14,16H2,1-6H3/b18-10+,19-11+,20-15+. The fourth-order valence-electron chi connectivity index (χ4n) is 2.31. The molecule has 3 nitrogen and oxygen atoms in total. The Morgan fingerprint density at radius 1 is 0.760 bits per heavy atom. The second-order valence-corrected chi connectivity index (χ2v) is 7.15. The van der Waals surface area contributed by atoms with Gasteiger partial charge >= 0.3 is 5.97 Å². The summed E-state index contributed by atoms with van der Waals surface area (Å²) in [5.74, 6) is 0.252. The summed E-state index contributed by atoms with van der Waals surface area (Å²) in [5, 5.41) is 0. The van der Waals surface area contributed by atoms with E-state index in [0.29, 0.717) is 18.8 Å². The second-order valence-electron chi connectivity index (χ2n) is 7.15. The van der Waals surface area contributed by atoms with E-state index in [0.717, 1.165) is 32.1 Å². The Bertz CT molecular complexity index is 507. The van der Waals surface area contributed by atoms with Gasteiger partial charge in [-0.1, -0.05) is 42.7 Å². The maximum Gasteiger partial charge on any atom is 0.302 e. The van der Waals surface area contributed by atoms with Gasteiger partial charge in [-0.3, -0.25) is 9.59 Å². The van der Waals surface area contributed by atoms with Crippen molar-refractivity contribution in [3.63, 3.8) is 0 Å². The van der Waals surface area contributed by atoms with Gasteiger partial charge in [-0.05, 0) is 59.0 Å². The fraction of sp³-hybridized carbons (Fsp3) is 0.636. The number of carbonyl (C=O) groups is 2. The molecule has 0 rings (SSSR count).